The minimum absolute atomic E-state index is 0.188. The summed E-state index contributed by atoms with van der Waals surface area (Å²) in [7, 11) is 0. The van der Waals surface area contributed by atoms with Crippen LogP contribution in [0.4, 0.5) is 0 Å². The normalized spacial score (nSPS) is 23.8. The van der Waals surface area contributed by atoms with Gasteiger partial charge in [0.05, 0.1) is 4.88 Å². The largest absolute Gasteiger partial charge is 0.298 e. The monoisotopic (exact) mass is 308 g/mol. The summed E-state index contributed by atoms with van der Waals surface area (Å²) < 4.78 is 0. The zero-order valence-electron chi connectivity index (χ0n) is 12.6. The van der Waals surface area contributed by atoms with E-state index in [1.807, 2.05) is 6.07 Å². The maximum absolute atomic E-state index is 11.6. The fourth-order valence-corrected chi connectivity index (χ4v) is 4.40. The number of nitrogens with zero attached hydrogens (tertiary/aromatic N) is 2. The lowest BCUT2D eigenvalue weighted by molar-refractivity contribution is 0.0456. The fraction of sp³-hybridized carbons (Fsp3) is 0.667. The lowest BCUT2D eigenvalue weighted by Gasteiger charge is -2.44. The molecule has 3 rings (SSSR count). The molecule has 0 aliphatic carbocycles. The smallest absolute Gasteiger partial charge is 0.275 e. The number of aryl methyl sites for hydroxylation is 1. The van der Waals surface area contributed by atoms with Gasteiger partial charge in [-0.25, -0.2) is 5.84 Å². The number of thiophene rings is 1. The molecule has 1 aromatic heterocycles. The maximum atomic E-state index is 11.6. The minimum atomic E-state index is -0.188. The first-order chi connectivity index (χ1) is 10.2. The molecule has 1 aromatic rings. The molecule has 0 spiro atoms. The number of carbonyl (C=O) groups is 1. The number of rotatable bonds is 3. The van der Waals surface area contributed by atoms with Crippen LogP contribution in [-0.2, 0) is 6.54 Å². The summed E-state index contributed by atoms with van der Waals surface area (Å²) >= 11 is 1.53. The van der Waals surface area contributed by atoms with Crippen molar-refractivity contribution in [1.82, 2.24) is 15.2 Å². The molecule has 0 bridgehead atoms. The Hall–Kier alpha value is -0.950. The molecule has 2 saturated heterocycles. The summed E-state index contributed by atoms with van der Waals surface area (Å²) in [6.07, 6.45) is 4.06. The molecule has 116 valence electrons. The van der Waals surface area contributed by atoms with Crippen molar-refractivity contribution in [1.29, 1.82) is 0 Å². The predicted molar refractivity (Wildman–Crippen MR) is 85.2 cm³/mol. The summed E-state index contributed by atoms with van der Waals surface area (Å²) in [6, 6.07) is 2.73. The molecule has 0 radical (unpaired) electrons. The first-order valence-electron chi connectivity index (χ1n) is 7.74. The van der Waals surface area contributed by atoms with Crippen molar-refractivity contribution in [2.24, 2.45) is 5.84 Å². The number of piperazine rings is 1. The van der Waals surface area contributed by atoms with Crippen molar-refractivity contribution < 1.29 is 4.79 Å². The van der Waals surface area contributed by atoms with Crippen molar-refractivity contribution in [2.75, 3.05) is 26.2 Å². The lowest BCUT2D eigenvalue weighted by atomic mass is 9.99. The van der Waals surface area contributed by atoms with Gasteiger partial charge in [-0.1, -0.05) is 6.42 Å². The Balaban J connectivity index is 1.64. The molecule has 21 heavy (non-hydrogen) atoms. The molecule has 2 aliphatic rings. The van der Waals surface area contributed by atoms with E-state index in [-0.39, 0.29) is 5.91 Å². The van der Waals surface area contributed by atoms with Gasteiger partial charge in [0.1, 0.15) is 0 Å². The molecule has 6 heteroatoms. The fourth-order valence-electron chi connectivity index (χ4n) is 3.46. The summed E-state index contributed by atoms with van der Waals surface area (Å²) in [5.74, 6) is 5.02. The molecule has 0 aromatic carbocycles. The van der Waals surface area contributed by atoms with Crippen molar-refractivity contribution >= 4 is 17.2 Å². The molecule has 2 fully saturated rings. The van der Waals surface area contributed by atoms with Crippen LogP contribution in [0, 0.1) is 6.92 Å². The van der Waals surface area contributed by atoms with E-state index < -0.39 is 0 Å². The van der Waals surface area contributed by atoms with E-state index in [4.69, 9.17) is 5.84 Å². The molecule has 5 nitrogen and oxygen atoms in total. The summed E-state index contributed by atoms with van der Waals surface area (Å²) in [5.41, 5.74) is 3.48. The Bertz CT molecular complexity index is 516. The molecular formula is C15H24N4OS. The van der Waals surface area contributed by atoms with Crippen LogP contribution in [0.2, 0.25) is 0 Å². The molecule has 1 unspecified atom stereocenters. The van der Waals surface area contributed by atoms with Gasteiger partial charge < -0.3 is 0 Å². The van der Waals surface area contributed by atoms with Crippen LogP contribution < -0.4 is 11.3 Å². The minimum Gasteiger partial charge on any atom is -0.298 e. The number of hydrazine groups is 1. The van der Waals surface area contributed by atoms with E-state index in [0.29, 0.717) is 4.88 Å². The topological polar surface area (TPSA) is 61.6 Å². The molecule has 0 saturated carbocycles. The highest BCUT2D eigenvalue weighted by Gasteiger charge is 2.29. The van der Waals surface area contributed by atoms with E-state index in [0.717, 1.165) is 25.7 Å². The third-order valence-electron chi connectivity index (χ3n) is 4.69. The Morgan fingerprint density at radius 3 is 3.10 bits per heavy atom. The van der Waals surface area contributed by atoms with Crippen LogP contribution in [0.1, 0.15) is 39.4 Å². The Morgan fingerprint density at radius 2 is 2.29 bits per heavy atom. The van der Waals surface area contributed by atoms with Gasteiger partial charge in [0.2, 0.25) is 0 Å². The number of hydrogen-bond acceptors (Lipinski definition) is 5. The average molecular weight is 308 g/mol. The molecule has 1 amide bonds. The van der Waals surface area contributed by atoms with Crippen LogP contribution in [0.25, 0.3) is 0 Å². The maximum Gasteiger partial charge on any atom is 0.275 e. The van der Waals surface area contributed by atoms with Gasteiger partial charge in [-0.2, -0.15) is 0 Å². The number of hydrogen-bond donors (Lipinski definition) is 2. The van der Waals surface area contributed by atoms with Gasteiger partial charge in [-0.05, 0) is 37.9 Å². The number of nitrogen functional groups attached to an aromatic ring is 1. The van der Waals surface area contributed by atoms with E-state index in [1.54, 1.807) is 0 Å². The van der Waals surface area contributed by atoms with Crippen molar-refractivity contribution in [3.63, 3.8) is 0 Å². The number of fused-ring (bicyclic) bond motifs is 1. The van der Waals surface area contributed by atoms with Crippen molar-refractivity contribution in [3.05, 3.63) is 21.4 Å². The Kier molecular flexibility index (Phi) is 4.59. The number of carbonyl (C=O) groups excluding carboxylic acids is 1. The van der Waals surface area contributed by atoms with Crippen LogP contribution in [0.5, 0.6) is 0 Å². The quantitative estimate of drug-likeness (QED) is 0.502. The number of nitrogens with two attached hydrogens (primary N) is 1. The summed E-state index contributed by atoms with van der Waals surface area (Å²) in [5, 5.41) is 0. The third-order valence-corrected chi connectivity index (χ3v) is 5.78. The first kappa shape index (κ1) is 15.0. The van der Waals surface area contributed by atoms with E-state index >= 15 is 0 Å². The van der Waals surface area contributed by atoms with Gasteiger partial charge in [-0.15, -0.1) is 11.3 Å². The average Bonchev–Trinajstić information content (AvgIpc) is 2.87. The second-order valence-electron chi connectivity index (χ2n) is 6.09. The van der Waals surface area contributed by atoms with Gasteiger partial charge in [0.15, 0.2) is 0 Å². The zero-order valence-corrected chi connectivity index (χ0v) is 13.4. The van der Waals surface area contributed by atoms with Crippen LogP contribution >= 0.6 is 11.3 Å². The van der Waals surface area contributed by atoms with Crippen molar-refractivity contribution in [3.8, 4) is 0 Å². The van der Waals surface area contributed by atoms with Gasteiger partial charge >= 0.3 is 0 Å². The predicted octanol–water partition coefficient (Wildman–Crippen LogP) is 1.33. The molecule has 3 N–H and O–H groups in total. The SMILES string of the molecule is Cc1sc(C(=O)NN)cc1CN1CCN2CCCCC2C1. The van der Waals surface area contributed by atoms with E-state index in [1.165, 1.54) is 54.1 Å². The van der Waals surface area contributed by atoms with E-state index in [2.05, 4.69) is 22.1 Å². The molecular weight excluding hydrogens is 284 g/mol. The highest BCUT2D eigenvalue weighted by Crippen LogP contribution is 2.26. The standard InChI is InChI=1S/C15H24N4OS/c1-11-12(8-14(21-11)15(20)17-16)9-18-6-7-19-5-3-2-4-13(19)10-18/h8,13H,2-7,9-10,16H2,1H3,(H,17,20). The van der Waals surface area contributed by atoms with Crippen LogP contribution in [-0.4, -0.2) is 47.9 Å². The Morgan fingerprint density at radius 1 is 1.43 bits per heavy atom. The second-order valence-corrected chi connectivity index (χ2v) is 7.34. The van der Waals surface area contributed by atoms with Crippen LogP contribution in [0.3, 0.4) is 0 Å². The molecule has 2 aliphatic heterocycles. The van der Waals surface area contributed by atoms with Gasteiger partial charge in [0.25, 0.3) is 5.91 Å². The van der Waals surface area contributed by atoms with Crippen LogP contribution in [0.15, 0.2) is 6.07 Å². The Labute approximate surface area is 130 Å². The number of nitrogens with one attached hydrogen (secondary N) is 1. The number of piperidine rings is 1. The molecule has 1 atom stereocenters. The molecule has 3 heterocycles. The van der Waals surface area contributed by atoms with Crippen molar-refractivity contribution in [2.45, 2.75) is 38.8 Å². The lowest BCUT2D eigenvalue weighted by Crippen LogP contribution is -2.54. The van der Waals surface area contributed by atoms with E-state index in [9.17, 15) is 4.79 Å². The highest BCUT2D eigenvalue weighted by atomic mass is 32.1. The second kappa shape index (κ2) is 6.44. The number of amides is 1. The first-order valence-corrected chi connectivity index (χ1v) is 8.55. The zero-order chi connectivity index (χ0) is 14.8. The highest BCUT2D eigenvalue weighted by molar-refractivity contribution is 7.14. The van der Waals surface area contributed by atoms with Gasteiger partial charge in [-0.3, -0.25) is 20.0 Å². The summed E-state index contributed by atoms with van der Waals surface area (Å²) in [4.78, 5) is 18.7. The summed E-state index contributed by atoms with van der Waals surface area (Å²) in [6.45, 7) is 7.79. The third kappa shape index (κ3) is 3.29. The van der Waals surface area contributed by atoms with Gasteiger partial charge in [0, 0.05) is 37.1 Å².